The van der Waals surface area contributed by atoms with Gasteiger partial charge >= 0.3 is 0 Å². The minimum absolute atomic E-state index is 0.0405. The summed E-state index contributed by atoms with van der Waals surface area (Å²) in [6.07, 6.45) is 1.59. The SMILES string of the molecule is CC(=O)c1ccnc(CCl)c1. The molecule has 0 N–H and O–H groups in total. The number of carbonyl (C=O) groups is 1. The first-order valence-corrected chi connectivity index (χ1v) is 3.79. The average molecular weight is 170 g/mol. The van der Waals surface area contributed by atoms with Gasteiger partial charge in [-0.15, -0.1) is 11.6 Å². The number of nitrogens with zero attached hydrogens (tertiary/aromatic N) is 1. The first kappa shape index (κ1) is 8.21. The third-order valence-corrected chi connectivity index (χ3v) is 1.63. The van der Waals surface area contributed by atoms with Crippen LogP contribution in [0.4, 0.5) is 0 Å². The molecule has 0 aliphatic heterocycles. The zero-order chi connectivity index (χ0) is 8.27. The zero-order valence-corrected chi connectivity index (χ0v) is 6.93. The predicted molar refractivity (Wildman–Crippen MR) is 43.8 cm³/mol. The van der Waals surface area contributed by atoms with Gasteiger partial charge in [0, 0.05) is 11.8 Å². The summed E-state index contributed by atoms with van der Waals surface area (Å²) in [6.45, 7) is 1.52. The third kappa shape index (κ3) is 2.02. The molecule has 0 aliphatic rings. The molecule has 1 aromatic rings. The van der Waals surface area contributed by atoms with E-state index in [9.17, 15) is 4.79 Å². The van der Waals surface area contributed by atoms with Crippen molar-refractivity contribution in [2.75, 3.05) is 0 Å². The Morgan fingerprint density at radius 3 is 3.00 bits per heavy atom. The lowest BCUT2D eigenvalue weighted by Crippen LogP contribution is -1.94. The number of carbonyl (C=O) groups excluding carboxylic acids is 1. The Morgan fingerprint density at radius 1 is 1.73 bits per heavy atom. The second kappa shape index (κ2) is 3.49. The smallest absolute Gasteiger partial charge is 0.159 e. The molecule has 0 aromatic carbocycles. The highest BCUT2D eigenvalue weighted by Gasteiger charge is 1.99. The van der Waals surface area contributed by atoms with E-state index >= 15 is 0 Å². The highest BCUT2D eigenvalue weighted by Crippen LogP contribution is 2.04. The minimum Gasteiger partial charge on any atom is -0.295 e. The predicted octanol–water partition coefficient (Wildman–Crippen LogP) is 2.02. The second-order valence-electron chi connectivity index (χ2n) is 2.23. The Hall–Kier alpha value is -0.890. The van der Waals surface area contributed by atoms with Crippen molar-refractivity contribution in [1.29, 1.82) is 0 Å². The number of Topliss-reactive ketones (excluding diaryl/α,β-unsaturated/α-hetero) is 1. The largest absolute Gasteiger partial charge is 0.295 e. The van der Waals surface area contributed by atoms with Crippen molar-refractivity contribution in [3.8, 4) is 0 Å². The van der Waals surface area contributed by atoms with Gasteiger partial charge in [-0.3, -0.25) is 9.78 Å². The van der Waals surface area contributed by atoms with E-state index in [0.29, 0.717) is 11.4 Å². The van der Waals surface area contributed by atoms with Crippen LogP contribution in [-0.2, 0) is 5.88 Å². The summed E-state index contributed by atoms with van der Waals surface area (Å²) in [6, 6.07) is 3.38. The maximum Gasteiger partial charge on any atom is 0.159 e. The summed E-state index contributed by atoms with van der Waals surface area (Å²) in [5.41, 5.74) is 1.40. The first-order chi connectivity index (χ1) is 5.24. The number of hydrogen-bond acceptors (Lipinski definition) is 2. The lowest BCUT2D eigenvalue weighted by molar-refractivity contribution is 0.101. The molecule has 1 heterocycles. The van der Waals surface area contributed by atoms with E-state index in [1.165, 1.54) is 6.92 Å². The molecule has 0 radical (unpaired) electrons. The maximum absolute atomic E-state index is 10.8. The lowest BCUT2D eigenvalue weighted by Gasteiger charge is -1.96. The van der Waals surface area contributed by atoms with E-state index < -0.39 is 0 Å². The Bertz CT molecular complexity index is 273. The van der Waals surface area contributed by atoms with Crippen molar-refractivity contribution in [1.82, 2.24) is 4.98 Å². The van der Waals surface area contributed by atoms with Gasteiger partial charge in [0.05, 0.1) is 11.6 Å². The molecule has 0 spiro atoms. The van der Waals surface area contributed by atoms with E-state index in [4.69, 9.17) is 11.6 Å². The van der Waals surface area contributed by atoms with Gasteiger partial charge in [0.15, 0.2) is 5.78 Å². The molecule has 1 rings (SSSR count). The van der Waals surface area contributed by atoms with Crippen LogP contribution in [0, 0.1) is 0 Å². The molecule has 0 atom stereocenters. The van der Waals surface area contributed by atoms with Crippen LogP contribution in [0.15, 0.2) is 18.3 Å². The van der Waals surface area contributed by atoms with Gasteiger partial charge in [0.1, 0.15) is 0 Å². The molecule has 3 heteroatoms. The fourth-order valence-electron chi connectivity index (χ4n) is 0.770. The van der Waals surface area contributed by atoms with Crippen molar-refractivity contribution in [2.45, 2.75) is 12.8 Å². The molecule has 0 saturated heterocycles. The molecule has 0 amide bonds. The molecule has 1 aromatic heterocycles. The van der Waals surface area contributed by atoms with Crippen molar-refractivity contribution in [3.63, 3.8) is 0 Å². The zero-order valence-electron chi connectivity index (χ0n) is 6.17. The Morgan fingerprint density at radius 2 is 2.45 bits per heavy atom. The van der Waals surface area contributed by atoms with E-state index in [1.807, 2.05) is 0 Å². The van der Waals surface area contributed by atoms with Crippen LogP contribution < -0.4 is 0 Å². The van der Waals surface area contributed by atoms with E-state index in [1.54, 1.807) is 18.3 Å². The molecular formula is C8H8ClNO. The first-order valence-electron chi connectivity index (χ1n) is 3.26. The number of hydrogen-bond donors (Lipinski definition) is 0. The van der Waals surface area contributed by atoms with Gasteiger partial charge in [-0.05, 0) is 19.1 Å². The number of rotatable bonds is 2. The van der Waals surface area contributed by atoms with Crippen LogP contribution in [0.3, 0.4) is 0 Å². The molecule has 0 bridgehead atoms. The summed E-state index contributed by atoms with van der Waals surface area (Å²) in [4.78, 5) is 14.8. The second-order valence-corrected chi connectivity index (χ2v) is 2.49. The van der Waals surface area contributed by atoms with Crippen LogP contribution in [0.25, 0.3) is 0 Å². The quantitative estimate of drug-likeness (QED) is 0.501. The van der Waals surface area contributed by atoms with E-state index in [0.717, 1.165) is 5.69 Å². The molecule has 0 unspecified atom stereocenters. The van der Waals surface area contributed by atoms with Crippen molar-refractivity contribution in [2.24, 2.45) is 0 Å². The lowest BCUT2D eigenvalue weighted by atomic mass is 10.2. The van der Waals surface area contributed by atoms with E-state index in [2.05, 4.69) is 4.98 Å². The fraction of sp³-hybridized carbons (Fsp3) is 0.250. The number of halogens is 1. The van der Waals surface area contributed by atoms with E-state index in [-0.39, 0.29) is 5.78 Å². The van der Waals surface area contributed by atoms with Gasteiger partial charge < -0.3 is 0 Å². The number of pyridine rings is 1. The van der Waals surface area contributed by atoms with Crippen molar-refractivity contribution in [3.05, 3.63) is 29.6 Å². The number of aromatic nitrogens is 1. The topological polar surface area (TPSA) is 30.0 Å². The van der Waals surface area contributed by atoms with Crippen molar-refractivity contribution < 1.29 is 4.79 Å². The van der Waals surface area contributed by atoms with Crippen LogP contribution in [0.2, 0.25) is 0 Å². The summed E-state index contributed by atoms with van der Waals surface area (Å²) in [7, 11) is 0. The Labute approximate surface area is 70.2 Å². The summed E-state index contributed by atoms with van der Waals surface area (Å²) in [5.74, 6) is 0.389. The molecule has 58 valence electrons. The maximum atomic E-state index is 10.8. The van der Waals surface area contributed by atoms with Gasteiger partial charge in [0.25, 0.3) is 0 Å². The molecular weight excluding hydrogens is 162 g/mol. The van der Waals surface area contributed by atoms with Gasteiger partial charge in [0.2, 0.25) is 0 Å². The Balaban J connectivity index is 3.01. The van der Waals surface area contributed by atoms with Crippen LogP contribution in [0.1, 0.15) is 23.0 Å². The highest BCUT2D eigenvalue weighted by atomic mass is 35.5. The summed E-state index contributed by atoms with van der Waals surface area (Å²) >= 11 is 5.53. The normalized spacial score (nSPS) is 9.64. The van der Waals surface area contributed by atoms with Crippen molar-refractivity contribution >= 4 is 17.4 Å². The minimum atomic E-state index is 0.0405. The third-order valence-electron chi connectivity index (χ3n) is 1.36. The standard InChI is InChI=1S/C8H8ClNO/c1-6(11)7-2-3-10-8(4-7)5-9/h2-4H,5H2,1H3. The summed E-state index contributed by atoms with van der Waals surface area (Å²) < 4.78 is 0. The fourth-order valence-corrected chi connectivity index (χ4v) is 0.916. The molecule has 0 aliphatic carbocycles. The highest BCUT2D eigenvalue weighted by molar-refractivity contribution is 6.16. The molecule has 0 saturated carbocycles. The van der Waals surface area contributed by atoms with Gasteiger partial charge in [-0.2, -0.15) is 0 Å². The monoisotopic (exact) mass is 169 g/mol. The molecule has 11 heavy (non-hydrogen) atoms. The van der Waals surface area contributed by atoms with Crippen LogP contribution in [0.5, 0.6) is 0 Å². The summed E-state index contributed by atoms with van der Waals surface area (Å²) in [5, 5.41) is 0. The number of alkyl halides is 1. The van der Waals surface area contributed by atoms with Gasteiger partial charge in [-0.25, -0.2) is 0 Å². The molecule has 2 nitrogen and oxygen atoms in total. The van der Waals surface area contributed by atoms with Crippen LogP contribution >= 0.6 is 11.6 Å². The number of ketones is 1. The Kier molecular flexibility index (Phi) is 2.60. The molecule has 0 fully saturated rings. The average Bonchev–Trinajstić information content (AvgIpc) is 2.05. The van der Waals surface area contributed by atoms with Gasteiger partial charge in [-0.1, -0.05) is 0 Å². The van der Waals surface area contributed by atoms with Crippen LogP contribution in [-0.4, -0.2) is 10.8 Å².